The molecule has 98 valence electrons. The molecule has 0 fully saturated rings. The topological polar surface area (TPSA) is 29.1 Å². The van der Waals surface area contributed by atoms with Crippen molar-refractivity contribution in [3.05, 3.63) is 65.0 Å². The Morgan fingerprint density at radius 1 is 1.05 bits per heavy atom. The first kappa shape index (κ1) is 13.1. The van der Waals surface area contributed by atoms with Crippen molar-refractivity contribution in [2.24, 2.45) is 0 Å². The van der Waals surface area contributed by atoms with Gasteiger partial charge in [0.15, 0.2) is 17.5 Å². The van der Waals surface area contributed by atoms with Crippen LogP contribution in [0.25, 0.3) is 0 Å². The van der Waals surface area contributed by atoms with E-state index in [2.05, 4.69) is 5.32 Å². The minimum Gasteiger partial charge on any atom is -0.322 e. The van der Waals surface area contributed by atoms with Crippen molar-refractivity contribution in [1.82, 2.24) is 0 Å². The second kappa shape index (κ2) is 5.14. The van der Waals surface area contributed by atoms with E-state index in [1.807, 2.05) is 13.0 Å². The molecule has 0 atom stereocenters. The van der Waals surface area contributed by atoms with Crippen molar-refractivity contribution in [1.29, 1.82) is 0 Å². The maximum absolute atomic E-state index is 13.0. The Bertz CT molecular complexity index is 617. The van der Waals surface area contributed by atoms with Crippen molar-refractivity contribution in [3.8, 4) is 0 Å². The van der Waals surface area contributed by atoms with Gasteiger partial charge in [-0.3, -0.25) is 4.79 Å². The summed E-state index contributed by atoms with van der Waals surface area (Å²) in [5.41, 5.74) is 1.14. The second-order valence-electron chi connectivity index (χ2n) is 4.08. The highest BCUT2D eigenvalue weighted by molar-refractivity contribution is 6.04. The fourth-order valence-corrected chi connectivity index (χ4v) is 1.61. The van der Waals surface area contributed by atoms with Gasteiger partial charge in [-0.25, -0.2) is 13.2 Å². The van der Waals surface area contributed by atoms with Gasteiger partial charge in [0.05, 0.1) is 0 Å². The molecule has 0 aliphatic carbocycles. The second-order valence-corrected chi connectivity index (χ2v) is 4.08. The van der Waals surface area contributed by atoms with Crippen molar-refractivity contribution < 1.29 is 18.0 Å². The molecule has 5 heteroatoms. The van der Waals surface area contributed by atoms with E-state index in [9.17, 15) is 18.0 Å². The van der Waals surface area contributed by atoms with Gasteiger partial charge in [0.2, 0.25) is 0 Å². The van der Waals surface area contributed by atoms with Crippen LogP contribution in [0.15, 0.2) is 36.4 Å². The first-order chi connectivity index (χ1) is 8.97. The van der Waals surface area contributed by atoms with Crippen LogP contribution in [-0.4, -0.2) is 5.91 Å². The minimum atomic E-state index is -1.59. The van der Waals surface area contributed by atoms with E-state index in [1.165, 1.54) is 0 Å². The molecule has 0 aliphatic rings. The van der Waals surface area contributed by atoms with E-state index < -0.39 is 23.4 Å². The Morgan fingerprint density at radius 2 is 1.68 bits per heavy atom. The lowest BCUT2D eigenvalue weighted by molar-refractivity contribution is 0.102. The van der Waals surface area contributed by atoms with Crippen LogP contribution in [0.1, 0.15) is 15.9 Å². The highest BCUT2D eigenvalue weighted by Gasteiger charge is 2.15. The van der Waals surface area contributed by atoms with Crippen LogP contribution < -0.4 is 5.32 Å². The highest BCUT2D eigenvalue weighted by Crippen LogP contribution is 2.16. The molecule has 2 rings (SSSR count). The number of hydrogen-bond acceptors (Lipinski definition) is 1. The molecule has 0 saturated heterocycles. The van der Waals surface area contributed by atoms with Crippen LogP contribution >= 0.6 is 0 Å². The smallest absolute Gasteiger partial charge is 0.255 e. The lowest BCUT2D eigenvalue weighted by Crippen LogP contribution is -2.13. The fourth-order valence-electron chi connectivity index (χ4n) is 1.61. The SMILES string of the molecule is Cc1cccc(NC(=O)c2cc(F)c(F)c(F)c2)c1. The van der Waals surface area contributed by atoms with Gasteiger partial charge in [-0.15, -0.1) is 0 Å². The molecule has 2 aromatic rings. The van der Waals surface area contributed by atoms with E-state index in [4.69, 9.17) is 0 Å². The van der Waals surface area contributed by atoms with Crippen LogP contribution in [0, 0.1) is 24.4 Å². The maximum atomic E-state index is 13.0. The molecular weight excluding hydrogens is 255 g/mol. The number of amides is 1. The summed E-state index contributed by atoms with van der Waals surface area (Å²) >= 11 is 0. The summed E-state index contributed by atoms with van der Waals surface area (Å²) in [6, 6.07) is 8.23. The van der Waals surface area contributed by atoms with Gasteiger partial charge in [-0.05, 0) is 36.8 Å². The lowest BCUT2D eigenvalue weighted by Gasteiger charge is -2.06. The maximum Gasteiger partial charge on any atom is 0.255 e. The van der Waals surface area contributed by atoms with Gasteiger partial charge in [0.25, 0.3) is 5.91 Å². The Hall–Kier alpha value is -2.30. The summed E-state index contributed by atoms with van der Waals surface area (Å²) in [6.45, 7) is 1.84. The number of benzene rings is 2. The summed E-state index contributed by atoms with van der Waals surface area (Å²) in [5, 5.41) is 2.48. The van der Waals surface area contributed by atoms with Crippen LogP contribution in [0.4, 0.5) is 18.9 Å². The lowest BCUT2D eigenvalue weighted by atomic mass is 10.1. The Morgan fingerprint density at radius 3 is 2.26 bits per heavy atom. The molecule has 2 aromatic carbocycles. The summed E-state index contributed by atoms with van der Waals surface area (Å²) in [7, 11) is 0. The van der Waals surface area contributed by atoms with Crippen LogP contribution in [0.5, 0.6) is 0 Å². The number of hydrogen-bond donors (Lipinski definition) is 1. The first-order valence-corrected chi connectivity index (χ1v) is 5.50. The molecule has 1 N–H and O–H groups in total. The van der Waals surface area contributed by atoms with Gasteiger partial charge >= 0.3 is 0 Å². The third kappa shape index (κ3) is 2.93. The van der Waals surface area contributed by atoms with Crippen molar-refractivity contribution >= 4 is 11.6 Å². The molecule has 0 aromatic heterocycles. The average Bonchev–Trinajstić information content (AvgIpc) is 2.35. The third-order valence-corrected chi connectivity index (χ3v) is 2.52. The average molecular weight is 265 g/mol. The number of anilines is 1. The quantitative estimate of drug-likeness (QED) is 0.825. The molecule has 1 amide bonds. The predicted octanol–water partition coefficient (Wildman–Crippen LogP) is 3.66. The monoisotopic (exact) mass is 265 g/mol. The summed E-state index contributed by atoms with van der Waals surface area (Å²) in [4.78, 5) is 11.8. The number of carbonyl (C=O) groups excluding carboxylic acids is 1. The van der Waals surface area contributed by atoms with E-state index in [-0.39, 0.29) is 5.56 Å². The van der Waals surface area contributed by atoms with Crippen LogP contribution in [0.2, 0.25) is 0 Å². The van der Waals surface area contributed by atoms with Crippen molar-refractivity contribution in [2.75, 3.05) is 5.32 Å². The van der Waals surface area contributed by atoms with Crippen molar-refractivity contribution in [2.45, 2.75) is 6.92 Å². The van der Waals surface area contributed by atoms with Crippen LogP contribution in [-0.2, 0) is 0 Å². The zero-order valence-corrected chi connectivity index (χ0v) is 10.0. The number of rotatable bonds is 2. The molecule has 0 spiro atoms. The molecule has 0 aliphatic heterocycles. The molecule has 2 nitrogen and oxygen atoms in total. The van der Waals surface area contributed by atoms with E-state index in [0.29, 0.717) is 17.8 Å². The number of aryl methyl sites for hydroxylation is 1. The van der Waals surface area contributed by atoms with Gasteiger partial charge in [-0.1, -0.05) is 12.1 Å². The summed E-state index contributed by atoms with van der Waals surface area (Å²) in [6.07, 6.45) is 0. The molecule has 0 saturated carbocycles. The molecule has 0 unspecified atom stereocenters. The standard InChI is InChI=1S/C14H10F3NO/c1-8-3-2-4-10(5-8)18-14(19)9-6-11(15)13(17)12(16)7-9/h2-7H,1H3,(H,18,19). The minimum absolute atomic E-state index is 0.280. The number of halogens is 3. The van der Waals surface area contributed by atoms with E-state index in [0.717, 1.165) is 5.56 Å². The molecule has 0 radical (unpaired) electrons. The Kier molecular flexibility index (Phi) is 3.55. The molecule has 0 bridgehead atoms. The molecular formula is C14H10F3NO. The number of nitrogens with one attached hydrogen (secondary N) is 1. The normalized spacial score (nSPS) is 10.3. The Balaban J connectivity index is 2.25. The largest absolute Gasteiger partial charge is 0.322 e. The zero-order valence-electron chi connectivity index (χ0n) is 10.0. The van der Waals surface area contributed by atoms with Crippen molar-refractivity contribution in [3.63, 3.8) is 0 Å². The molecule has 19 heavy (non-hydrogen) atoms. The molecule has 0 heterocycles. The Labute approximate surface area is 107 Å². The predicted molar refractivity (Wildman–Crippen MR) is 65.4 cm³/mol. The fraction of sp³-hybridized carbons (Fsp3) is 0.0714. The van der Waals surface area contributed by atoms with E-state index in [1.54, 1.807) is 18.2 Å². The number of carbonyl (C=O) groups is 1. The summed E-state index contributed by atoms with van der Waals surface area (Å²) in [5.74, 6) is -5.08. The summed E-state index contributed by atoms with van der Waals surface area (Å²) < 4.78 is 38.8. The highest BCUT2D eigenvalue weighted by atomic mass is 19.2. The van der Waals surface area contributed by atoms with E-state index >= 15 is 0 Å². The van der Waals surface area contributed by atoms with Gasteiger partial charge in [0.1, 0.15) is 0 Å². The van der Waals surface area contributed by atoms with Crippen LogP contribution in [0.3, 0.4) is 0 Å². The third-order valence-electron chi connectivity index (χ3n) is 2.52. The zero-order chi connectivity index (χ0) is 14.0. The van der Waals surface area contributed by atoms with Gasteiger partial charge in [-0.2, -0.15) is 0 Å². The van der Waals surface area contributed by atoms with Gasteiger partial charge < -0.3 is 5.32 Å². The van der Waals surface area contributed by atoms with Gasteiger partial charge in [0, 0.05) is 11.3 Å². The first-order valence-electron chi connectivity index (χ1n) is 5.50.